The van der Waals surface area contributed by atoms with E-state index in [9.17, 15) is 31.1 Å². The summed E-state index contributed by atoms with van der Waals surface area (Å²) in [6.45, 7) is 2.47. The average molecular weight is 533 g/mol. The molecule has 2 aliphatic heterocycles. The molecule has 2 atom stereocenters. The lowest BCUT2D eigenvalue weighted by Gasteiger charge is -2.24. The van der Waals surface area contributed by atoms with Gasteiger partial charge in [-0.2, -0.15) is 26.3 Å². The first kappa shape index (κ1) is 30.9. The first-order chi connectivity index (χ1) is 16.4. The minimum absolute atomic E-state index is 0.0353. The Bertz CT molecular complexity index is 859. The topological polar surface area (TPSA) is 130 Å². The van der Waals surface area contributed by atoms with Gasteiger partial charge in [0, 0.05) is 25.7 Å². The van der Waals surface area contributed by atoms with Crippen molar-refractivity contribution < 1.29 is 60.4 Å². The van der Waals surface area contributed by atoms with Crippen LogP contribution in [0.2, 0.25) is 0 Å². The van der Waals surface area contributed by atoms with Crippen molar-refractivity contribution in [1.29, 1.82) is 0 Å². The van der Waals surface area contributed by atoms with E-state index in [1.54, 1.807) is 12.4 Å². The van der Waals surface area contributed by atoms with E-state index in [1.165, 1.54) is 0 Å². The van der Waals surface area contributed by atoms with Crippen LogP contribution in [-0.2, 0) is 19.1 Å². The third-order valence-corrected chi connectivity index (χ3v) is 4.72. The Kier molecular flexibility index (Phi) is 10.9. The van der Waals surface area contributed by atoms with Crippen LogP contribution in [0.15, 0.2) is 24.5 Å². The van der Waals surface area contributed by atoms with E-state index >= 15 is 0 Å². The summed E-state index contributed by atoms with van der Waals surface area (Å²) in [5, 5.41) is 14.2. The second-order valence-electron chi connectivity index (χ2n) is 8.04. The summed E-state index contributed by atoms with van der Waals surface area (Å²) in [7, 11) is 3.82. The number of carboxylic acid groups (broad SMARTS) is 2. The Balaban J connectivity index is 0.000000383. The van der Waals surface area contributed by atoms with Crippen molar-refractivity contribution in [3.8, 4) is 5.75 Å². The number of halogens is 6. The number of aromatic nitrogens is 1. The Morgan fingerprint density at radius 3 is 2.17 bits per heavy atom. The molecule has 2 unspecified atom stereocenters. The summed E-state index contributed by atoms with van der Waals surface area (Å²) < 4.78 is 75.4. The summed E-state index contributed by atoms with van der Waals surface area (Å²) in [6, 6.07) is 3.76. The summed E-state index contributed by atoms with van der Waals surface area (Å²) >= 11 is 0. The van der Waals surface area contributed by atoms with Gasteiger partial charge < -0.3 is 29.5 Å². The molecule has 0 saturated carbocycles. The van der Waals surface area contributed by atoms with Crippen LogP contribution in [0, 0.1) is 0 Å². The highest BCUT2D eigenvalue weighted by atomic mass is 19.4. The molecule has 2 N–H and O–H groups in total. The molecule has 2 saturated heterocycles. The van der Waals surface area contributed by atoms with Gasteiger partial charge in [-0.3, -0.25) is 9.78 Å². The van der Waals surface area contributed by atoms with E-state index in [1.807, 2.05) is 36.0 Å². The highest BCUT2D eigenvalue weighted by Crippen LogP contribution is 2.36. The summed E-state index contributed by atoms with van der Waals surface area (Å²) in [4.78, 5) is 37.8. The van der Waals surface area contributed by atoms with Crippen molar-refractivity contribution in [2.45, 2.75) is 36.9 Å². The van der Waals surface area contributed by atoms with Gasteiger partial charge in [0.25, 0.3) is 0 Å². The molecule has 0 radical (unpaired) electrons. The lowest BCUT2D eigenvalue weighted by molar-refractivity contribution is -0.193. The van der Waals surface area contributed by atoms with Crippen LogP contribution in [0.1, 0.15) is 12.8 Å². The van der Waals surface area contributed by atoms with Crippen molar-refractivity contribution in [2.75, 3.05) is 40.3 Å². The first-order valence-electron chi connectivity index (χ1n) is 10.2. The fourth-order valence-electron chi connectivity index (χ4n) is 3.20. The van der Waals surface area contributed by atoms with Gasteiger partial charge in [-0.05, 0) is 32.6 Å². The van der Waals surface area contributed by atoms with Crippen molar-refractivity contribution >= 4 is 17.8 Å². The number of nitrogens with zero attached hydrogens (tertiary/aromatic N) is 3. The second kappa shape index (κ2) is 12.7. The molecule has 16 heteroatoms. The SMILES string of the molecule is CN(C)CC(=O)N1CCC2(CC(Oc3cccnc3)CO2)C1.O=C(O)C(F)(F)F.O=C(O)C(F)(F)F. The summed E-state index contributed by atoms with van der Waals surface area (Å²) in [6.07, 6.45) is -4.97. The van der Waals surface area contributed by atoms with Gasteiger partial charge in [0.2, 0.25) is 5.91 Å². The van der Waals surface area contributed by atoms with Crippen molar-refractivity contribution in [3.05, 3.63) is 24.5 Å². The van der Waals surface area contributed by atoms with Crippen molar-refractivity contribution in [3.63, 3.8) is 0 Å². The van der Waals surface area contributed by atoms with Gasteiger partial charge in [-0.1, -0.05) is 0 Å². The van der Waals surface area contributed by atoms with E-state index in [-0.39, 0.29) is 17.6 Å². The van der Waals surface area contributed by atoms with Gasteiger partial charge in [0.05, 0.1) is 24.9 Å². The molecule has 0 aromatic carbocycles. The van der Waals surface area contributed by atoms with Gasteiger partial charge in [0.15, 0.2) is 0 Å². The minimum Gasteiger partial charge on any atom is -0.486 e. The minimum atomic E-state index is -5.08. The van der Waals surface area contributed by atoms with Crippen LogP contribution >= 0.6 is 0 Å². The molecule has 10 nitrogen and oxygen atoms in total. The van der Waals surface area contributed by atoms with Crippen molar-refractivity contribution in [2.24, 2.45) is 0 Å². The zero-order valence-electron chi connectivity index (χ0n) is 19.2. The first-order valence-corrected chi connectivity index (χ1v) is 10.2. The highest BCUT2D eigenvalue weighted by molar-refractivity contribution is 5.78. The fourth-order valence-corrected chi connectivity index (χ4v) is 3.20. The zero-order valence-corrected chi connectivity index (χ0v) is 19.2. The number of aliphatic carboxylic acids is 2. The van der Waals surface area contributed by atoms with Crippen LogP contribution in [0.4, 0.5) is 26.3 Å². The number of carbonyl (C=O) groups is 3. The van der Waals surface area contributed by atoms with E-state index in [0.29, 0.717) is 19.7 Å². The molecule has 1 amide bonds. The maximum atomic E-state index is 12.2. The largest absolute Gasteiger partial charge is 0.490 e. The predicted molar refractivity (Wildman–Crippen MR) is 109 cm³/mol. The van der Waals surface area contributed by atoms with E-state index < -0.39 is 24.3 Å². The quantitative estimate of drug-likeness (QED) is 0.559. The lowest BCUT2D eigenvalue weighted by Crippen LogP contribution is -2.40. The number of hydrogen-bond donors (Lipinski definition) is 2. The zero-order chi connectivity index (χ0) is 27.7. The van der Waals surface area contributed by atoms with E-state index in [4.69, 9.17) is 29.3 Å². The number of rotatable bonds is 4. The van der Waals surface area contributed by atoms with Crippen molar-refractivity contribution in [1.82, 2.24) is 14.8 Å². The number of carbonyl (C=O) groups excluding carboxylic acids is 1. The van der Waals surface area contributed by atoms with E-state index in [2.05, 4.69) is 4.98 Å². The number of amides is 1. The molecule has 204 valence electrons. The number of pyridine rings is 1. The lowest BCUT2D eigenvalue weighted by atomic mass is 9.98. The Morgan fingerprint density at radius 2 is 1.72 bits per heavy atom. The molecule has 3 heterocycles. The molecule has 2 aliphatic rings. The number of carboxylic acids is 2. The number of ether oxygens (including phenoxy) is 2. The predicted octanol–water partition coefficient (Wildman–Crippen LogP) is 2.05. The van der Waals surface area contributed by atoms with Gasteiger partial charge in [-0.15, -0.1) is 0 Å². The molecular formula is C20H25F6N3O7. The average Bonchev–Trinajstić information content (AvgIpc) is 3.34. The Labute approximate surface area is 201 Å². The molecule has 0 aliphatic carbocycles. The normalized spacial score (nSPS) is 21.4. The molecular weight excluding hydrogens is 508 g/mol. The standard InChI is InChI=1S/C16H23N3O3.2C2HF3O2/c1-18(2)10-15(20)19-7-5-16(12-19)8-14(11-21-16)22-13-4-3-6-17-9-13;2*3-2(4,5)1(6)7/h3-4,6,9,14H,5,7-8,10-12H2,1-2H3;2*(H,6,7). The Hall–Kier alpha value is -3.14. The monoisotopic (exact) mass is 533 g/mol. The molecule has 1 aromatic rings. The molecule has 1 aromatic heterocycles. The summed E-state index contributed by atoms with van der Waals surface area (Å²) in [5.41, 5.74) is -0.227. The molecule has 0 bridgehead atoms. The third-order valence-electron chi connectivity index (χ3n) is 4.72. The van der Waals surface area contributed by atoms with Crippen LogP contribution in [0.25, 0.3) is 0 Å². The molecule has 36 heavy (non-hydrogen) atoms. The maximum Gasteiger partial charge on any atom is 0.490 e. The van der Waals surface area contributed by atoms with Crippen LogP contribution in [-0.4, -0.2) is 107 Å². The van der Waals surface area contributed by atoms with Crippen LogP contribution in [0.3, 0.4) is 0 Å². The smallest absolute Gasteiger partial charge is 0.486 e. The summed E-state index contributed by atoms with van der Waals surface area (Å²) in [5.74, 6) is -4.58. The fraction of sp³-hybridized carbons (Fsp3) is 0.600. The molecule has 2 fully saturated rings. The maximum absolute atomic E-state index is 12.2. The third kappa shape index (κ3) is 10.6. The van der Waals surface area contributed by atoms with Gasteiger partial charge >= 0.3 is 24.3 Å². The van der Waals surface area contributed by atoms with Crippen LogP contribution < -0.4 is 4.74 Å². The van der Waals surface area contributed by atoms with Crippen LogP contribution in [0.5, 0.6) is 5.75 Å². The Morgan fingerprint density at radius 1 is 1.17 bits per heavy atom. The molecule has 1 spiro atoms. The highest BCUT2D eigenvalue weighted by Gasteiger charge is 2.47. The van der Waals surface area contributed by atoms with Gasteiger partial charge in [-0.25, -0.2) is 9.59 Å². The number of hydrogen-bond acceptors (Lipinski definition) is 7. The van der Waals surface area contributed by atoms with E-state index in [0.717, 1.165) is 25.1 Å². The number of likely N-dealkylation sites (N-methyl/N-ethyl adjacent to an activating group) is 1. The number of alkyl halides is 6. The second-order valence-corrected chi connectivity index (χ2v) is 8.04. The number of likely N-dealkylation sites (tertiary alicyclic amines) is 1. The van der Waals surface area contributed by atoms with Gasteiger partial charge in [0.1, 0.15) is 11.9 Å². The molecule has 3 rings (SSSR count).